The van der Waals surface area contributed by atoms with Crippen molar-refractivity contribution in [3.05, 3.63) is 56.8 Å². The smallest absolute Gasteiger partial charge is 0.258 e. The Bertz CT molecular complexity index is 1110. The number of aryl methyl sites for hydroxylation is 1. The molecule has 1 unspecified atom stereocenters. The molecule has 3 N–H and O–H groups in total. The molecule has 1 aromatic heterocycles. The third kappa shape index (κ3) is 3.21. The Kier molecular flexibility index (Phi) is 5.89. The van der Waals surface area contributed by atoms with Crippen LogP contribution in [0.1, 0.15) is 22.7 Å². The first-order valence-electron chi connectivity index (χ1n) is 9.15. The molecule has 1 aliphatic rings. The highest BCUT2D eigenvalue weighted by Gasteiger charge is 2.37. The maximum atomic E-state index is 13.4. The Morgan fingerprint density at radius 1 is 1.23 bits per heavy atom. The van der Waals surface area contributed by atoms with E-state index in [2.05, 4.69) is 6.07 Å². The lowest BCUT2D eigenvalue weighted by atomic mass is 9.83. The van der Waals surface area contributed by atoms with Crippen molar-refractivity contribution in [2.24, 2.45) is 5.73 Å². The van der Waals surface area contributed by atoms with Gasteiger partial charge in [-0.3, -0.25) is 4.79 Å². The molecule has 9 heteroatoms. The number of hydrogen-bond donors (Lipinski definition) is 2. The average Bonchev–Trinajstić information content (AvgIpc) is 2.74. The van der Waals surface area contributed by atoms with Crippen molar-refractivity contribution >= 4 is 0 Å². The molecule has 1 aliphatic heterocycles. The van der Waals surface area contributed by atoms with Crippen molar-refractivity contribution in [3.63, 3.8) is 0 Å². The number of nitrogens with zero attached hydrogens (tertiary/aromatic N) is 2. The Morgan fingerprint density at radius 3 is 2.50 bits per heavy atom. The second-order valence-corrected chi connectivity index (χ2v) is 6.59. The van der Waals surface area contributed by atoms with Gasteiger partial charge in [-0.1, -0.05) is 6.07 Å². The zero-order valence-electron chi connectivity index (χ0n) is 17.2. The SMILES string of the molecule is COc1ccc(C2C(C#N)=C(N)Oc3cc(C)n(CCO)c(=O)c32)c(OC)c1OC. The minimum atomic E-state index is -0.855. The van der Waals surface area contributed by atoms with Gasteiger partial charge in [0.15, 0.2) is 11.5 Å². The summed E-state index contributed by atoms with van der Waals surface area (Å²) in [6.45, 7) is 1.62. The van der Waals surface area contributed by atoms with E-state index in [9.17, 15) is 15.2 Å². The number of hydrogen-bond acceptors (Lipinski definition) is 8. The molecule has 0 spiro atoms. The lowest BCUT2D eigenvalue weighted by molar-refractivity contribution is 0.271. The van der Waals surface area contributed by atoms with E-state index in [0.29, 0.717) is 28.5 Å². The zero-order chi connectivity index (χ0) is 22.0. The van der Waals surface area contributed by atoms with Gasteiger partial charge in [0.05, 0.1) is 39.4 Å². The molecular formula is C21H23N3O6. The fourth-order valence-corrected chi connectivity index (χ4v) is 3.73. The van der Waals surface area contributed by atoms with E-state index in [1.54, 1.807) is 25.1 Å². The topological polar surface area (TPSA) is 129 Å². The van der Waals surface area contributed by atoms with E-state index < -0.39 is 5.92 Å². The third-order valence-electron chi connectivity index (χ3n) is 5.06. The van der Waals surface area contributed by atoms with Crippen LogP contribution in [0.25, 0.3) is 0 Å². The number of rotatable bonds is 6. The van der Waals surface area contributed by atoms with Crippen molar-refractivity contribution in [1.82, 2.24) is 4.57 Å². The molecule has 1 aromatic carbocycles. The van der Waals surface area contributed by atoms with Gasteiger partial charge in [-0.25, -0.2) is 0 Å². The first kappa shape index (κ1) is 21.1. The first-order chi connectivity index (χ1) is 14.4. The van der Waals surface area contributed by atoms with E-state index >= 15 is 0 Å². The first-order valence-corrected chi connectivity index (χ1v) is 9.15. The number of aromatic nitrogens is 1. The van der Waals surface area contributed by atoms with Crippen LogP contribution in [0.2, 0.25) is 0 Å². The maximum absolute atomic E-state index is 13.4. The summed E-state index contributed by atoms with van der Waals surface area (Å²) in [4.78, 5) is 13.4. The summed E-state index contributed by atoms with van der Waals surface area (Å²) in [5.74, 6) is 0.373. The van der Waals surface area contributed by atoms with E-state index in [1.165, 1.54) is 25.9 Å². The Hall–Kier alpha value is -3.64. The maximum Gasteiger partial charge on any atom is 0.258 e. The number of benzene rings is 1. The fraction of sp³-hybridized carbons (Fsp3) is 0.333. The summed E-state index contributed by atoms with van der Waals surface area (Å²) in [6, 6.07) is 7.08. The van der Waals surface area contributed by atoms with Gasteiger partial charge in [-0.2, -0.15) is 5.26 Å². The number of aliphatic hydroxyl groups excluding tert-OH is 1. The minimum absolute atomic E-state index is 0.0736. The van der Waals surface area contributed by atoms with Gasteiger partial charge < -0.3 is 34.4 Å². The molecule has 0 bridgehead atoms. The zero-order valence-corrected chi connectivity index (χ0v) is 17.2. The van der Waals surface area contributed by atoms with Crippen LogP contribution in [-0.2, 0) is 6.54 Å². The molecule has 2 heterocycles. The largest absolute Gasteiger partial charge is 0.493 e. The van der Waals surface area contributed by atoms with Crippen LogP contribution in [-0.4, -0.2) is 37.6 Å². The van der Waals surface area contributed by atoms with Crippen LogP contribution in [0.4, 0.5) is 0 Å². The van der Waals surface area contributed by atoms with Crippen LogP contribution < -0.4 is 30.2 Å². The third-order valence-corrected chi connectivity index (χ3v) is 5.06. The van der Waals surface area contributed by atoms with E-state index in [-0.39, 0.29) is 41.5 Å². The second-order valence-electron chi connectivity index (χ2n) is 6.59. The van der Waals surface area contributed by atoms with E-state index in [4.69, 9.17) is 24.7 Å². The summed E-state index contributed by atoms with van der Waals surface area (Å²) < 4.78 is 23.4. The normalized spacial score (nSPS) is 15.1. The van der Waals surface area contributed by atoms with Gasteiger partial charge in [0.2, 0.25) is 11.6 Å². The summed E-state index contributed by atoms with van der Waals surface area (Å²) in [5, 5.41) is 19.2. The highest BCUT2D eigenvalue weighted by atomic mass is 16.5. The Morgan fingerprint density at radius 2 is 1.93 bits per heavy atom. The molecule has 0 aliphatic carbocycles. The molecular weight excluding hydrogens is 390 g/mol. The molecule has 1 atom stereocenters. The summed E-state index contributed by atoms with van der Waals surface area (Å²) in [5.41, 5.74) is 7.04. The van der Waals surface area contributed by atoms with Crippen LogP contribution >= 0.6 is 0 Å². The number of pyridine rings is 1. The molecule has 2 aromatic rings. The molecule has 3 rings (SSSR count). The van der Waals surface area contributed by atoms with Crippen molar-refractivity contribution in [2.45, 2.75) is 19.4 Å². The lowest BCUT2D eigenvalue weighted by Crippen LogP contribution is -2.33. The van der Waals surface area contributed by atoms with Crippen LogP contribution in [0, 0.1) is 18.3 Å². The number of allylic oxidation sites excluding steroid dienone is 1. The molecule has 158 valence electrons. The highest BCUT2D eigenvalue weighted by molar-refractivity contribution is 5.64. The van der Waals surface area contributed by atoms with Crippen molar-refractivity contribution < 1.29 is 24.1 Å². The summed E-state index contributed by atoms with van der Waals surface area (Å²) in [7, 11) is 4.42. The standard InChI is InChI=1S/C21H23N3O6/c1-11-9-15-17(21(26)24(11)7-8-25)16(13(10-22)20(23)30-15)12-5-6-14(27-2)19(29-4)18(12)28-3/h5-6,9,16,25H,7-8,23H2,1-4H3. The molecule has 30 heavy (non-hydrogen) atoms. The number of aliphatic hydroxyl groups is 1. The molecule has 0 radical (unpaired) electrons. The van der Waals surface area contributed by atoms with Crippen LogP contribution in [0.15, 0.2) is 34.4 Å². The van der Waals surface area contributed by atoms with Gasteiger partial charge in [-0.15, -0.1) is 0 Å². The number of ether oxygens (including phenoxy) is 4. The van der Waals surface area contributed by atoms with Crippen LogP contribution in [0.5, 0.6) is 23.0 Å². The Labute approximate surface area is 173 Å². The quantitative estimate of drug-likeness (QED) is 0.727. The second kappa shape index (κ2) is 8.39. The van der Waals surface area contributed by atoms with Crippen LogP contribution in [0.3, 0.4) is 0 Å². The molecule has 9 nitrogen and oxygen atoms in total. The number of nitriles is 1. The van der Waals surface area contributed by atoms with Crippen molar-refractivity contribution in [1.29, 1.82) is 5.26 Å². The number of nitrogens with two attached hydrogens (primary N) is 1. The molecule has 0 amide bonds. The van der Waals surface area contributed by atoms with Gasteiger partial charge in [-0.05, 0) is 13.0 Å². The predicted molar refractivity (Wildman–Crippen MR) is 108 cm³/mol. The molecule has 0 saturated heterocycles. The van der Waals surface area contributed by atoms with Crippen molar-refractivity contribution in [3.8, 4) is 29.1 Å². The Balaban J connectivity index is 2.40. The highest BCUT2D eigenvalue weighted by Crippen LogP contribution is 2.48. The summed E-state index contributed by atoms with van der Waals surface area (Å²) >= 11 is 0. The lowest BCUT2D eigenvalue weighted by Gasteiger charge is -2.28. The van der Waals surface area contributed by atoms with E-state index in [1.807, 2.05) is 0 Å². The average molecular weight is 413 g/mol. The van der Waals surface area contributed by atoms with Gasteiger partial charge in [0.25, 0.3) is 5.56 Å². The molecule has 0 fully saturated rings. The minimum Gasteiger partial charge on any atom is -0.493 e. The number of methoxy groups -OCH3 is 3. The van der Waals surface area contributed by atoms with Gasteiger partial charge in [0, 0.05) is 23.9 Å². The summed E-state index contributed by atoms with van der Waals surface area (Å²) in [6.07, 6.45) is 0. The van der Waals surface area contributed by atoms with Crippen molar-refractivity contribution in [2.75, 3.05) is 27.9 Å². The van der Waals surface area contributed by atoms with E-state index in [0.717, 1.165) is 0 Å². The fourth-order valence-electron chi connectivity index (χ4n) is 3.73. The predicted octanol–water partition coefficient (Wildman–Crippen LogP) is 1.39. The monoisotopic (exact) mass is 413 g/mol. The number of fused-ring (bicyclic) bond motifs is 1. The van der Waals surface area contributed by atoms with Gasteiger partial charge in [0.1, 0.15) is 17.4 Å². The molecule has 0 saturated carbocycles. The van der Waals surface area contributed by atoms with Gasteiger partial charge >= 0.3 is 0 Å².